The van der Waals surface area contributed by atoms with Crippen molar-refractivity contribution >= 4 is 11.4 Å². The van der Waals surface area contributed by atoms with Gasteiger partial charge >= 0.3 is 0 Å². The van der Waals surface area contributed by atoms with Crippen molar-refractivity contribution in [2.24, 2.45) is 23.7 Å². The van der Waals surface area contributed by atoms with E-state index in [2.05, 4.69) is 127 Å². The molecular formula is C40H35N. The second kappa shape index (κ2) is 8.95. The van der Waals surface area contributed by atoms with Crippen molar-refractivity contribution in [2.45, 2.75) is 37.5 Å². The normalized spacial score (nSPS) is 26.6. The van der Waals surface area contributed by atoms with Crippen LogP contribution in [0.2, 0.25) is 0 Å². The van der Waals surface area contributed by atoms with Crippen molar-refractivity contribution < 1.29 is 0 Å². The van der Waals surface area contributed by atoms with Crippen LogP contribution in [0.4, 0.5) is 11.4 Å². The van der Waals surface area contributed by atoms with Gasteiger partial charge in [0, 0.05) is 16.8 Å². The second-order valence-corrected chi connectivity index (χ2v) is 13.1. The number of fused-ring (bicyclic) bond motifs is 3. The summed E-state index contributed by atoms with van der Waals surface area (Å²) < 4.78 is 0. The molecule has 0 unspecified atom stereocenters. The maximum Gasteiger partial charge on any atom is 0.0390 e. The number of hydrogen-bond acceptors (Lipinski definition) is 1. The third kappa shape index (κ3) is 3.54. The molecule has 0 radical (unpaired) electrons. The van der Waals surface area contributed by atoms with Gasteiger partial charge in [-0.05, 0) is 125 Å². The molecule has 0 aliphatic heterocycles. The predicted molar refractivity (Wildman–Crippen MR) is 170 cm³/mol. The summed E-state index contributed by atoms with van der Waals surface area (Å²) in [5.41, 5.74) is 13.7. The molecule has 5 aliphatic carbocycles. The van der Waals surface area contributed by atoms with Crippen LogP contribution in [0.3, 0.4) is 0 Å². The lowest BCUT2D eigenvalue weighted by Gasteiger charge is -2.61. The Labute approximate surface area is 243 Å². The first-order valence-corrected chi connectivity index (χ1v) is 15.5. The lowest BCUT2D eigenvalue weighted by molar-refractivity contribution is -0.0399. The Bertz CT molecular complexity index is 1740. The summed E-state index contributed by atoms with van der Waals surface area (Å²) in [4.78, 5) is 0. The van der Waals surface area contributed by atoms with Crippen LogP contribution >= 0.6 is 0 Å². The molecule has 4 fully saturated rings. The molecule has 0 saturated heterocycles. The lowest BCUT2D eigenvalue weighted by Crippen LogP contribution is -2.55. The zero-order valence-corrected chi connectivity index (χ0v) is 23.4. The molecule has 5 aliphatic rings. The molecule has 5 aromatic rings. The van der Waals surface area contributed by atoms with Crippen LogP contribution in [0.1, 0.15) is 43.2 Å². The van der Waals surface area contributed by atoms with Crippen molar-refractivity contribution in [3.05, 3.63) is 132 Å². The summed E-state index contributed by atoms with van der Waals surface area (Å²) in [5.74, 6) is 3.57. The first-order valence-electron chi connectivity index (χ1n) is 15.5. The van der Waals surface area contributed by atoms with Gasteiger partial charge in [0.2, 0.25) is 0 Å². The summed E-state index contributed by atoms with van der Waals surface area (Å²) in [6, 6.07) is 45.0. The van der Waals surface area contributed by atoms with Crippen LogP contribution in [-0.2, 0) is 5.41 Å². The highest BCUT2D eigenvalue weighted by Gasteiger charge is 2.61. The summed E-state index contributed by atoms with van der Waals surface area (Å²) in [6.45, 7) is 0. The molecule has 1 heteroatoms. The SMILES string of the molecule is c1ccc(-c2ccc(-c3cccc(Nc4ccc5c(c4)-c4ccccc4C54C5CC6CC(C5)CC4C6)c3)cc2)cc1. The Hall–Kier alpha value is -4.10. The topological polar surface area (TPSA) is 12.0 Å². The molecule has 0 heterocycles. The predicted octanol–water partition coefficient (Wildman–Crippen LogP) is 10.5. The van der Waals surface area contributed by atoms with Gasteiger partial charge in [0.15, 0.2) is 0 Å². The van der Waals surface area contributed by atoms with E-state index in [9.17, 15) is 0 Å². The Morgan fingerprint density at radius 3 is 1.78 bits per heavy atom. The van der Waals surface area contributed by atoms with Gasteiger partial charge < -0.3 is 5.32 Å². The average Bonchev–Trinajstić information content (AvgIpc) is 3.30. The molecule has 41 heavy (non-hydrogen) atoms. The van der Waals surface area contributed by atoms with Crippen LogP contribution in [0.15, 0.2) is 121 Å². The van der Waals surface area contributed by atoms with Crippen molar-refractivity contribution in [3.63, 3.8) is 0 Å². The Morgan fingerprint density at radius 1 is 0.439 bits per heavy atom. The first-order chi connectivity index (χ1) is 20.3. The minimum absolute atomic E-state index is 0.240. The third-order valence-electron chi connectivity index (χ3n) is 11.0. The van der Waals surface area contributed by atoms with E-state index in [0.29, 0.717) is 0 Å². The highest BCUT2D eigenvalue weighted by atomic mass is 14.9. The van der Waals surface area contributed by atoms with Crippen molar-refractivity contribution in [3.8, 4) is 33.4 Å². The van der Waals surface area contributed by atoms with Crippen molar-refractivity contribution in [1.29, 1.82) is 0 Å². The lowest BCUT2D eigenvalue weighted by atomic mass is 9.43. The standard InChI is InChI=1S/C40H35N/c1-2-7-28(8-3-1)29-13-15-30(16-14-29)31-9-6-10-34(24-31)41-35-17-18-39-37(25-35)36-11-4-5-12-38(36)40(39)32-20-26-19-27(22-32)23-33(40)21-26/h1-18,24-27,32-33,41H,19-23H2. The van der Waals surface area contributed by atoms with E-state index in [4.69, 9.17) is 0 Å². The van der Waals surface area contributed by atoms with Gasteiger partial charge in [-0.3, -0.25) is 0 Å². The van der Waals surface area contributed by atoms with Gasteiger partial charge in [-0.25, -0.2) is 0 Å². The second-order valence-electron chi connectivity index (χ2n) is 13.1. The minimum atomic E-state index is 0.240. The molecule has 4 bridgehead atoms. The molecule has 1 spiro atoms. The van der Waals surface area contributed by atoms with E-state index in [0.717, 1.165) is 29.4 Å². The number of hydrogen-bond donors (Lipinski definition) is 1. The molecule has 1 nitrogen and oxygen atoms in total. The monoisotopic (exact) mass is 529 g/mol. The fraction of sp³-hybridized carbons (Fsp3) is 0.250. The summed E-state index contributed by atoms with van der Waals surface area (Å²) in [7, 11) is 0. The van der Waals surface area contributed by atoms with Crippen LogP contribution in [0.5, 0.6) is 0 Å². The molecule has 5 aromatic carbocycles. The van der Waals surface area contributed by atoms with E-state index >= 15 is 0 Å². The summed E-state index contributed by atoms with van der Waals surface area (Å²) in [6.07, 6.45) is 7.22. The molecule has 0 aromatic heterocycles. The molecule has 200 valence electrons. The molecule has 1 N–H and O–H groups in total. The van der Waals surface area contributed by atoms with Crippen molar-refractivity contribution in [1.82, 2.24) is 0 Å². The van der Waals surface area contributed by atoms with Crippen LogP contribution in [0, 0.1) is 23.7 Å². The molecule has 4 saturated carbocycles. The first kappa shape index (κ1) is 23.6. The minimum Gasteiger partial charge on any atom is -0.355 e. The van der Waals surface area contributed by atoms with Gasteiger partial charge in [0.05, 0.1) is 0 Å². The highest BCUT2D eigenvalue weighted by molar-refractivity contribution is 5.85. The van der Waals surface area contributed by atoms with Crippen LogP contribution < -0.4 is 5.32 Å². The molecule has 0 amide bonds. The van der Waals surface area contributed by atoms with E-state index in [1.54, 1.807) is 11.1 Å². The fourth-order valence-electron chi connectivity index (χ4n) is 9.67. The van der Waals surface area contributed by atoms with Crippen LogP contribution in [0.25, 0.3) is 33.4 Å². The smallest absolute Gasteiger partial charge is 0.0390 e. The fourth-order valence-corrected chi connectivity index (χ4v) is 9.67. The number of benzene rings is 5. The van der Waals surface area contributed by atoms with E-state index in [-0.39, 0.29) is 5.41 Å². The summed E-state index contributed by atoms with van der Waals surface area (Å²) >= 11 is 0. The van der Waals surface area contributed by atoms with Gasteiger partial charge in [0.25, 0.3) is 0 Å². The Kier molecular flexibility index (Phi) is 5.15. The Balaban J connectivity index is 1.05. The third-order valence-corrected chi connectivity index (χ3v) is 11.0. The zero-order chi connectivity index (χ0) is 27.0. The van der Waals surface area contributed by atoms with E-state index < -0.39 is 0 Å². The maximum atomic E-state index is 3.77. The van der Waals surface area contributed by atoms with Gasteiger partial charge in [-0.15, -0.1) is 0 Å². The van der Waals surface area contributed by atoms with Gasteiger partial charge in [0.1, 0.15) is 0 Å². The molecular weight excluding hydrogens is 494 g/mol. The van der Waals surface area contributed by atoms with Crippen molar-refractivity contribution in [2.75, 3.05) is 5.32 Å². The molecule has 10 rings (SSSR count). The zero-order valence-electron chi connectivity index (χ0n) is 23.4. The Morgan fingerprint density at radius 2 is 1.02 bits per heavy atom. The van der Waals surface area contributed by atoms with Gasteiger partial charge in [-0.2, -0.15) is 0 Å². The highest BCUT2D eigenvalue weighted by Crippen LogP contribution is 2.69. The van der Waals surface area contributed by atoms with E-state index in [1.807, 2.05) is 0 Å². The average molecular weight is 530 g/mol. The van der Waals surface area contributed by atoms with Gasteiger partial charge in [-0.1, -0.05) is 97.1 Å². The van der Waals surface area contributed by atoms with E-state index in [1.165, 1.54) is 71.2 Å². The number of nitrogens with one attached hydrogen (secondary N) is 1. The molecule has 0 atom stereocenters. The maximum absolute atomic E-state index is 3.77. The summed E-state index contributed by atoms with van der Waals surface area (Å²) in [5, 5.41) is 3.77. The quantitative estimate of drug-likeness (QED) is 0.244. The number of anilines is 2. The van der Waals surface area contributed by atoms with Crippen LogP contribution in [-0.4, -0.2) is 0 Å². The number of rotatable bonds is 4. The largest absolute Gasteiger partial charge is 0.355 e.